The van der Waals surface area contributed by atoms with Crippen molar-refractivity contribution in [2.45, 2.75) is 37.0 Å². The van der Waals surface area contributed by atoms with Crippen molar-refractivity contribution in [2.75, 3.05) is 17.6 Å². The lowest BCUT2D eigenvalue weighted by molar-refractivity contribution is 0.274. The zero-order valence-electron chi connectivity index (χ0n) is 15.5. The van der Waals surface area contributed by atoms with E-state index in [9.17, 15) is 12.8 Å². The van der Waals surface area contributed by atoms with Crippen molar-refractivity contribution in [3.8, 4) is 0 Å². The summed E-state index contributed by atoms with van der Waals surface area (Å²) in [5, 5.41) is 3.52. The number of anilines is 1. The summed E-state index contributed by atoms with van der Waals surface area (Å²) in [7, 11) is -3.79. The first-order valence-corrected chi connectivity index (χ1v) is 12.4. The summed E-state index contributed by atoms with van der Waals surface area (Å²) in [5.41, 5.74) is 0.959. The van der Waals surface area contributed by atoms with Gasteiger partial charge in [-0.2, -0.15) is 0 Å². The van der Waals surface area contributed by atoms with Crippen LogP contribution in [0.25, 0.3) is 0 Å². The Morgan fingerprint density at radius 3 is 2.50 bits per heavy atom. The fourth-order valence-electron chi connectivity index (χ4n) is 3.89. The molecule has 0 aliphatic heterocycles. The number of sulfone groups is 1. The molecule has 0 aromatic heterocycles. The Labute approximate surface area is 179 Å². The van der Waals surface area contributed by atoms with E-state index >= 15 is 0 Å². The molecule has 2 aromatic carbocycles. The van der Waals surface area contributed by atoms with E-state index in [0.29, 0.717) is 16.9 Å². The van der Waals surface area contributed by atoms with Gasteiger partial charge in [-0.05, 0) is 52.0 Å². The molecule has 152 valence electrons. The van der Waals surface area contributed by atoms with Gasteiger partial charge < -0.3 is 5.32 Å². The fraction of sp³-hybridized carbons (Fsp3) is 0.429. The summed E-state index contributed by atoms with van der Waals surface area (Å²) in [6, 6.07) is 12.1. The quantitative estimate of drug-likeness (QED) is 0.464. The van der Waals surface area contributed by atoms with Crippen LogP contribution in [0.1, 0.15) is 32.1 Å². The van der Waals surface area contributed by atoms with Gasteiger partial charge in [0.1, 0.15) is 10.7 Å². The molecule has 28 heavy (non-hydrogen) atoms. The number of halogens is 3. The molecule has 0 radical (unpaired) electrons. The van der Waals surface area contributed by atoms with Crippen molar-refractivity contribution in [1.82, 2.24) is 0 Å². The van der Waals surface area contributed by atoms with Gasteiger partial charge in [0.25, 0.3) is 0 Å². The van der Waals surface area contributed by atoms with Crippen LogP contribution >= 0.6 is 27.5 Å². The maximum Gasteiger partial charge on any atom is 0.181 e. The summed E-state index contributed by atoms with van der Waals surface area (Å²) in [6.45, 7) is 0.546. The van der Waals surface area contributed by atoms with Crippen LogP contribution in [0.15, 0.2) is 51.8 Å². The van der Waals surface area contributed by atoms with Gasteiger partial charge in [0.2, 0.25) is 0 Å². The Morgan fingerprint density at radius 1 is 1.14 bits per heavy atom. The Balaban J connectivity index is 1.82. The largest absolute Gasteiger partial charge is 0.385 e. The van der Waals surface area contributed by atoms with Crippen LogP contribution in [-0.4, -0.2) is 20.7 Å². The predicted octanol–water partition coefficient (Wildman–Crippen LogP) is 6.32. The Hall–Kier alpha value is -1.11. The molecule has 0 saturated heterocycles. The maximum absolute atomic E-state index is 14.4. The van der Waals surface area contributed by atoms with Crippen LogP contribution in [0.5, 0.6) is 0 Å². The summed E-state index contributed by atoms with van der Waals surface area (Å²) in [4.78, 5) is -0.288. The monoisotopic (exact) mass is 487 g/mol. The van der Waals surface area contributed by atoms with Gasteiger partial charge in [-0.25, -0.2) is 12.8 Å². The molecular formula is C21H24BrClFNO2S. The molecule has 0 heterocycles. The summed E-state index contributed by atoms with van der Waals surface area (Å²) >= 11 is 9.09. The van der Waals surface area contributed by atoms with Crippen LogP contribution < -0.4 is 5.32 Å². The summed E-state index contributed by atoms with van der Waals surface area (Å²) in [5.74, 6) is -0.646. The van der Waals surface area contributed by atoms with Crippen molar-refractivity contribution >= 4 is 43.1 Å². The molecule has 3 rings (SSSR count). The third-order valence-corrected chi connectivity index (χ3v) is 8.45. The van der Waals surface area contributed by atoms with E-state index < -0.39 is 15.7 Å². The van der Waals surface area contributed by atoms with E-state index in [4.69, 9.17) is 11.6 Å². The SMILES string of the molecule is O=S(=O)(CC(CNc1ccccc1)C1CCCCC1)c1cc(Br)c(Cl)cc1F. The molecule has 0 bridgehead atoms. The molecule has 3 nitrogen and oxygen atoms in total. The number of benzene rings is 2. The lowest BCUT2D eigenvalue weighted by Gasteiger charge is -2.30. The minimum Gasteiger partial charge on any atom is -0.385 e. The first kappa shape index (κ1) is 21.6. The van der Waals surface area contributed by atoms with Crippen LogP contribution in [0.4, 0.5) is 10.1 Å². The third kappa shape index (κ3) is 5.49. The summed E-state index contributed by atoms with van der Waals surface area (Å²) < 4.78 is 40.8. The second kappa shape index (κ2) is 9.59. The molecular weight excluding hydrogens is 465 g/mol. The highest BCUT2D eigenvalue weighted by Gasteiger charge is 2.31. The van der Waals surface area contributed by atoms with Gasteiger partial charge in [0, 0.05) is 16.7 Å². The van der Waals surface area contributed by atoms with Gasteiger partial charge in [-0.3, -0.25) is 0 Å². The van der Waals surface area contributed by atoms with Gasteiger partial charge in [0.15, 0.2) is 9.84 Å². The highest BCUT2D eigenvalue weighted by atomic mass is 79.9. The molecule has 1 unspecified atom stereocenters. The number of hydrogen-bond donors (Lipinski definition) is 1. The van der Waals surface area contributed by atoms with Crippen molar-refractivity contribution < 1.29 is 12.8 Å². The van der Waals surface area contributed by atoms with Crippen LogP contribution in [0.2, 0.25) is 5.02 Å². The molecule has 1 saturated carbocycles. The highest BCUT2D eigenvalue weighted by molar-refractivity contribution is 9.10. The average Bonchev–Trinajstić information content (AvgIpc) is 2.69. The standard InChI is InChI=1S/C21H24BrClFNO2S/c22-18-11-21(20(24)12-19(18)23)28(26,27)14-16(15-7-3-1-4-8-15)13-25-17-9-5-2-6-10-17/h2,5-6,9-12,15-16,25H,1,3-4,7-8,13-14H2. The Bertz CT molecular complexity index is 902. The number of nitrogens with one attached hydrogen (secondary N) is 1. The molecule has 2 aromatic rings. The smallest absolute Gasteiger partial charge is 0.181 e. The van der Waals surface area contributed by atoms with E-state index in [2.05, 4.69) is 21.2 Å². The molecule has 0 amide bonds. The number of rotatable bonds is 7. The van der Waals surface area contributed by atoms with Gasteiger partial charge >= 0.3 is 0 Å². The molecule has 1 N–H and O–H groups in total. The van der Waals surface area contributed by atoms with Crippen molar-refractivity contribution in [3.63, 3.8) is 0 Å². The number of hydrogen-bond acceptors (Lipinski definition) is 3. The zero-order valence-corrected chi connectivity index (χ0v) is 18.7. The zero-order chi connectivity index (χ0) is 20.1. The molecule has 1 aliphatic rings. The lowest BCUT2D eigenvalue weighted by atomic mass is 9.81. The van der Waals surface area contributed by atoms with E-state index in [-0.39, 0.29) is 21.6 Å². The first-order valence-electron chi connectivity index (χ1n) is 9.53. The third-order valence-electron chi connectivity index (χ3n) is 5.40. The minimum atomic E-state index is -3.79. The normalized spacial score (nSPS) is 16.7. The van der Waals surface area contributed by atoms with Gasteiger partial charge in [-0.15, -0.1) is 0 Å². The number of para-hydroxylation sites is 1. The molecule has 7 heteroatoms. The lowest BCUT2D eigenvalue weighted by Crippen LogP contribution is -2.31. The molecule has 1 atom stereocenters. The van der Waals surface area contributed by atoms with Crippen molar-refractivity contribution in [3.05, 3.63) is 57.8 Å². The molecule has 1 fully saturated rings. The van der Waals surface area contributed by atoms with Gasteiger partial charge in [-0.1, -0.05) is 61.9 Å². The Kier molecular flexibility index (Phi) is 7.40. The van der Waals surface area contributed by atoms with E-state index in [1.165, 1.54) is 12.5 Å². The minimum absolute atomic E-state index is 0.0809. The first-order chi connectivity index (χ1) is 13.4. The molecule has 0 spiro atoms. The van der Waals surface area contributed by atoms with E-state index in [1.807, 2.05) is 30.3 Å². The van der Waals surface area contributed by atoms with Crippen molar-refractivity contribution in [1.29, 1.82) is 0 Å². The Morgan fingerprint density at radius 2 is 1.82 bits per heavy atom. The predicted molar refractivity (Wildman–Crippen MR) is 116 cm³/mol. The van der Waals surface area contributed by atoms with Crippen molar-refractivity contribution in [2.24, 2.45) is 11.8 Å². The van der Waals surface area contributed by atoms with E-state index in [0.717, 1.165) is 37.4 Å². The highest BCUT2D eigenvalue weighted by Crippen LogP contribution is 2.34. The van der Waals surface area contributed by atoms with Crippen LogP contribution in [0.3, 0.4) is 0 Å². The topological polar surface area (TPSA) is 46.2 Å². The van der Waals surface area contributed by atoms with Crippen LogP contribution in [0, 0.1) is 17.7 Å². The van der Waals surface area contributed by atoms with E-state index in [1.54, 1.807) is 0 Å². The second-order valence-corrected chi connectivity index (χ2v) is 10.6. The second-order valence-electron chi connectivity index (χ2n) is 7.38. The summed E-state index contributed by atoms with van der Waals surface area (Å²) in [6.07, 6.45) is 5.47. The van der Waals surface area contributed by atoms with Crippen LogP contribution in [-0.2, 0) is 9.84 Å². The fourth-order valence-corrected chi connectivity index (χ4v) is 6.32. The maximum atomic E-state index is 14.4. The average molecular weight is 489 g/mol. The van der Waals surface area contributed by atoms with Gasteiger partial charge in [0.05, 0.1) is 10.8 Å². The molecule has 1 aliphatic carbocycles.